The maximum Gasteiger partial charge on any atom is 0.216 e. The molecule has 0 aliphatic heterocycles. The number of nitrogens with one attached hydrogen (secondary N) is 1. The van der Waals surface area contributed by atoms with Crippen molar-refractivity contribution in [2.75, 3.05) is 7.11 Å². The highest BCUT2D eigenvalue weighted by atomic mass is 16.5. The molecule has 4 heteroatoms. The zero-order valence-electron chi connectivity index (χ0n) is 11.8. The van der Waals surface area contributed by atoms with Crippen molar-refractivity contribution in [3.05, 3.63) is 11.3 Å². The second-order valence-electron chi connectivity index (χ2n) is 5.27. The first-order chi connectivity index (χ1) is 8.72. The average molecular weight is 251 g/mol. The van der Waals surface area contributed by atoms with Crippen molar-refractivity contribution in [3.8, 4) is 5.88 Å². The van der Waals surface area contributed by atoms with Crippen molar-refractivity contribution in [1.29, 1.82) is 0 Å². The number of nitrogens with zero attached hydrogens (tertiary/aromatic N) is 2. The highest BCUT2D eigenvalue weighted by molar-refractivity contribution is 5.30. The molecule has 0 bridgehead atoms. The highest BCUT2D eigenvalue weighted by Gasteiger charge is 2.16. The van der Waals surface area contributed by atoms with Crippen molar-refractivity contribution in [2.24, 2.45) is 7.05 Å². The van der Waals surface area contributed by atoms with Crippen LogP contribution in [0.4, 0.5) is 0 Å². The van der Waals surface area contributed by atoms with Gasteiger partial charge in [-0.05, 0) is 19.8 Å². The monoisotopic (exact) mass is 251 g/mol. The van der Waals surface area contributed by atoms with E-state index in [9.17, 15) is 0 Å². The lowest BCUT2D eigenvalue weighted by Crippen LogP contribution is -2.28. The van der Waals surface area contributed by atoms with Crippen molar-refractivity contribution in [3.63, 3.8) is 0 Å². The Bertz CT molecular complexity index is 379. The van der Waals surface area contributed by atoms with Gasteiger partial charge in [0.2, 0.25) is 5.88 Å². The van der Waals surface area contributed by atoms with Crippen LogP contribution in [0.3, 0.4) is 0 Å². The van der Waals surface area contributed by atoms with Gasteiger partial charge in [0.1, 0.15) is 0 Å². The van der Waals surface area contributed by atoms with E-state index in [4.69, 9.17) is 4.74 Å². The lowest BCUT2D eigenvalue weighted by atomic mass is 10.1. The van der Waals surface area contributed by atoms with Gasteiger partial charge in [-0.25, -0.2) is 4.68 Å². The van der Waals surface area contributed by atoms with E-state index in [0.717, 1.165) is 18.1 Å². The number of hydrogen-bond acceptors (Lipinski definition) is 3. The minimum absolute atomic E-state index is 0.664. The highest BCUT2D eigenvalue weighted by Crippen LogP contribution is 2.22. The molecule has 0 radical (unpaired) electrons. The molecular formula is C14H25N3O. The molecule has 0 spiro atoms. The summed E-state index contributed by atoms with van der Waals surface area (Å²) >= 11 is 0. The zero-order chi connectivity index (χ0) is 13.0. The second kappa shape index (κ2) is 6.23. The van der Waals surface area contributed by atoms with Gasteiger partial charge in [-0.3, -0.25) is 0 Å². The Morgan fingerprint density at radius 3 is 2.56 bits per heavy atom. The standard InChI is InChI=1S/C14H25N3O/c1-11-13(14(18-3)17(2)16-11)10-15-12-8-6-4-5-7-9-12/h12,15H,4-10H2,1-3H3. The molecule has 102 valence electrons. The Labute approximate surface area is 110 Å². The third-order valence-corrected chi connectivity index (χ3v) is 3.90. The summed E-state index contributed by atoms with van der Waals surface area (Å²) in [5.41, 5.74) is 2.26. The Morgan fingerprint density at radius 2 is 1.94 bits per heavy atom. The Hall–Kier alpha value is -1.03. The summed E-state index contributed by atoms with van der Waals surface area (Å²) in [6, 6.07) is 0.664. The molecule has 1 heterocycles. The van der Waals surface area contributed by atoms with E-state index in [0.29, 0.717) is 6.04 Å². The lowest BCUT2D eigenvalue weighted by molar-refractivity contribution is 0.365. The summed E-state index contributed by atoms with van der Waals surface area (Å²) in [5.74, 6) is 0.883. The minimum Gasteiger partial charge on any atom is -0.481 e. The van der Waals surface area contributed by atoms with Gasteiger partial charge in [-0.1, -0.05) is 25.7 Å². The molecule has 0 unspecified atom stereocenters. The first-order valence-corrected chi connectivity index (χ1v) is 7.02. The molecule has 4 nitrogen and oxygen atoms in total. The molecule has 0 amide bonds. The van der Waals surface area contributed by atoms with Crippen LogP contribution in [0.5, 0.6) is 5.88 Å². The largest absolute Gasteiger partial charge is 0.481 e. The van der Waals surface area contributed by atoms with E-state index in [-0.39, 0.29) is 0 Å². The molecular weight excluding hydrogens is 226 g/mol. The first-order valence-electron chi connectivity index (χ1n) is 7.02. The number of aryl methyl sites for hydroxylation is 2. The summed E-state index contributed by atoms with van der Waals surface area (Å²) in [6.45, 7) is 2.92. The van der Waals surface area contributed by atoms with Crippen molar-refractivity contribution >= 4 is 0 Å². The molecule has 0 saturated heterocycles. The van der Waals surface area contributed by atoms with E-state index in [1.165, 1.54) is 44.1 Å². The molecule has 1 aliphatic carbocycles. The summed E-state index contributed by atoms with van der Waals surface area (Å²) in [7, 11) is 3.65. The van der Waals surface area contributed by atoms with Crippen LogP contribution in [0.1, 0.15) is 49.8 Å². The van der Waals surface area contributed by atoms with E-state index in [2.05, 4.69) is 10.4 Å². The summed E-state index contributed by atoms with van der Waals surface area (Å²) < 4.78 is 7.24. The molecule has 1 saturated carbocycles. The lowest BCUT2D eigenvalue weighted by Gasteiger charge is -2.16. The van der Waals surface area contributed by atoms with Crippen LogP contribution in [0.15, 0.2) is 0 Å². The SMILES string of the molecule is COc1c(CNC2CCCCCC2)c(C)nn1C. The third kappa shape index (κ3) is 3.05. The molecule has 0 aromatic carbocycles. The summed E-state index contributed by atoms with van der Waals surface area (Å²) in [4.78, 5) is 0. The molecule has 0 atom stereocenters. The van der Waals surface area contributed by atoms with Gasteiger partial charge in [-0.15, -0.1) is 0 Å². The van der Waals surface area contributed by atoms with Crippen LogP contribution in [0.25, 0.3) is 0 Å². The molecule has 1 fully saturated rings. The van der Waals surface area contributed by atoms with Gasteiger partial charge < -0.3 is 10.1 Å². The van der Waals surface area contributed by atoms with Crippen LogP contribution >= 0.6 is 0 Å². The van der Waals surface area contributed by atoms with Crippen molar-refractivity contribution in [1.82, 2.24) is 15.1 Å². The molecule has 1 aromatic rings. The van der Waals surface area contributed by atoms with E-state index in [1.807, 2.05) is 18.7 Å². The number of aromatic nitrogens is 2. The fourth-order valence-electron chi connectivity index (χ4n) is 2.87. The van der Waals surface area contributed by atoms with Crippen LogP contribution in [0.2, 0.25) is 0 Å². The van der Waals surface area contributed by atoms with Crippen LogP contribution in [-0.4, -0.2) is 22.9 Å². The van der Waals surface area contributed by atoms with Crippen LogP contribution in [-0.2, 0) is 13.6 Å². The molecule has 2 rings (SSSR count). The van der Waals surface area contributed by atoms with Gasteiger partial charge >= 0.3 is 0 Å². The maximum absolute atomic E-state index is 5.42. The maximum atomic E-state index is 5.42. The van der Waals surface area contributed by atoms with Crippen molar-refractivity contribution in [2.45, 2.75) is 58.0 Å². The van der Waals surface area contributed by atoms with E-state index < -0.39 is 0 Å². The fraction of sp³-hybridized carbons (Fsp3) is 0.786. The van der Waals surface area contributed by atoms with Crippen LogP contribution < -0.4 is 10.1 Å². The van der Waals surface area contributed by atoms with Crippen LogP contribution in [0, 0.1) is 6.92 Å². The van der Waals surface area contributed by atoms with Gasteiger partial charge in [0.15, 0.2) is 0 Å². The average Bonchev–Trinajstić information content (AvgIpc) is 2.56. The third-order valence-electron chi connectivity index (χ3n) is 3.90. The quantitative estimate of drug-likeness (QED) is 0.836. The topological polar surface area (TPSA) is 39.1 Å². The molecule has 1 N–H and O–H groups in total. The molecule has 1 aromatic heterocycles. The zero-order valence-corrected chi connectivity index (χ0v) is 11.8. The summed E-state index contributed by atoms with van der Waals surface area (Å²) in [5, 5.41) is 8.09. The smallest absolute Gasteiger partial charge is 0.216 e. The minimum atomic E-state index is 0.664. The fourth-order valence-corrected chi connectivity index (χ4v) is 2.87. The van der Waals surface area contributed by atoms with Gasteiger partial charge in [0, 0.05) is 19.6 Å². The van der Waals surface area contributed by atoms with Crippen molar-refractivity contribution < 1.29 is 4.74 Å². The predicted octanol–water partition coefficient (Wildman–Crippen LogP) is 2.55. The van der Waals surface area contributed by atoms with E-state index >= 15 is 0 Å². The van der Waals surface area contributed by atoms with Gasteiger partial charge in [-0.2, -0.15) is 5.10 Å². The Kier molecular flexibility index (Phi) is 4.64. The van der Waals surface area contributed by atoms with Gasteiger partial charge in [0.25, 0.3) is 0 Å². The second-order valence-corrected chi connectivity index (χ2v) is 5.27. The Morgan fingerprint density at radius 1 is 1.28 bits per heavy atom. The van der Waals surface area contributed by atoms with Gasteiger partial charge in [0.05, 0.1) is 18.4 Å². The van der Waals surface area contributed by atoms with E-state index in [1.54, 1.807) is 7.11 Å². The number of ether oxygens (including phenoxy) is 1. The predicted molar refractivity (Wildman–Crippen MR) is 72.8 cm³/mol. The number of methoxy groups -OCH3 is 1. The molecule has 1 aliphatic rings. The number of hydrogen-bond donors (Lipinski definition) is 1. The number of rotatable bonds is 4. The normalized spacial score (nSPS) is 17.7. The first kappa shape index (κ1) is 13.4. The Balaban J connectivity index is 1.96. The summed E-state index contributed by atoms with van der Waals surface area (Å²) in [6.07, 6.45) is 8.13. The molecule has 18 heavy (non-hydrogen) atoms.